The van der Waals surface area contributed by atoms with Gasteiger partial charge in [0, 0.05) is 16.4 Å². The van der Waals surface area contributed by atoms with Gasteiger partial charge in [-0.05, 0) is 69.1 Å². The molecule has 4 nitrogen and oxygen atoms in total. The molecular weight excluding hydrogens is 418 g/mol. The molecule has 1 N–H and O–H groups in total. The van der Waals surface area contributed by atoms with E-state index in [1.165, 1.54) is 7.11 Å². The van der Waals surface area contributed by atoms with Crippen LogP contribution in [-0.4, -0.2) is 22.4 Å². The maximum Gasteiger partial charge on any atom is 0.311 e. The minimum Gasteiger partial charge on any atom is -0.598 e. The van der Waals surface area contributed by atoms with Gasteiger partial charge in [-0.2, -0.15) is 0 Å². The first-order chi connectivity index (χ1) is 13.5. The molecule has 1 aromatic carbocycles. The number of nitrogens with one attached hydrogen (secondary N) is 1. The molecule has 0 aliphatic heterocycles. The van der Waals surface area contributed by atoms with Crippen LogP contribution >= 0.6 is 11.6 Å². The predicted octanol–water partition coefficient (Wildman–Crippen LogP) is 6.03. The number of carbonyl (C=O) groups is 1. The number of aryl methyl sites for hydroxylation is 1. The second kappa shape index (κ2) is 10.2. The van der Waals surface area contributed by atoms with Crippen molar-refractivity contribution in [2.75, 3.05) is 7.11 Å². The highest BCUT2D eigenvalue weighted by atomic mass is 35.5. The molecule has 0 aliphatic rings. The Morgan fingerprint density at radius 3 is 2.13 bits per heavy atom. The van der Waals surface area contributed by atoms with Gasteiger partial charge in [0.15, 0.2) is 0 Å². The van der Waals surface area contributed by atoms with Crippen molar-refractivity contribution in [1.29, 1.82) is 0 Å². The lowest BCUT2D eigenvalue weighted by molar-refractivity contribution is -0.150. The van der Waals surface area contributed by atoms with Gasteiger partial charge in [0.2, 0.25) is 0 Å². The summed E-state index contributed by atoms with van der Waals surface area (Å²) >= 11 is 5.28. The molecule has 1 aromatic rings. The van der Waals surface area contributed by atoms with Crippen LogP contribution in [0.5, 0.6) is 0 Å². The van der Waals surface area contributed by atoms with E-state index in [0.29, 0.717) is 5.02 Å². The molecule has 1 unspecified atom stereocenters. The van der Waals surface area contributed by atoms with Crippen molar-refractivity contribution < 1.29 is 14.1 Å². The van der Waals surface area contributed by atoms with E-state index in [1.807, 2.05) is 59.7 Å². The van der Waals surface area contributed by atoms with Gasteiger partial charge in [0.05, 0.1) is 18.6 Å². The van der Waals surface area contributed by atoms with Crippen LogP contribution < -0.4 is 4.72 Å². The van der Waals surface area contributed by atoms with Crippen LogP contribution in [0.15, 0.2) is 18.2 Å². The quantitative estimate of drug-likeness (QED) is 0.382. The normalized spacial score (nSPS) is 16.8. The molecule has 6 heteroatoms. The second-order valence-electron chi connectivity index (χ2n) is 10.8. The summed E-state index contributed by atoms with van der Waals surface area (Å²) in [7, 11) is 1.39. The standard InChI is InChI=1S/C24H40ClNO3S/c1-16(2)20(21(27)29-10)24(9,26-30(28)23(6,7)8)18-12-11-17(19(25)15-18)13-14-22(3,4)5/h11-12,15-16,20,26H,13-14H2,1-10H3/t20?,24-,30-/m0/s1. The summed E-state index contributed by atoms with van der Waals surface area (Å²) in [6.45, 7) is 18.2. The van der Waals surface area contributed by atoms with Crippen molar-refractivity contribution in [3.63, 3.8) is 0 Å². The fourth-order valence-electron chi connectivity index (χ4n) is 3.53. The van der Waals surface area contributed by atoms with Crippen molar-refractivity contribution in [1.82, 2.24) is 4.72 Å². The number of benzene rings is 1. The van der Waals surface area contributed by atoms with E-state index in [4.69, 9.17) is 16.3 Å². The highest BCUT2D eigenvalue weighted by molar-refractivity contribution is 7.90. The number of esters is 1. The molecule has 0 saturated carbocycles. The molecule has 0 spiro atoms. The van der Waals surface area contributed by atoms with Gasteiger partial charge in [-0.3, -0.25) is 4.79 Å². The van der Waals surface area contributed by atoms with Crippen molar-refractivity contribution in [3.05, 3.63) is 34.3 Å². The van der Waals surface area contributed by atoms with Crippen molar-refractivity contribution in [2.45, 2.75) is 85.4 Å². The van der Waals surface area contributed by atoms with Crippen molar-refractivity contribution in [3.8, 4) is 0 Å². The van der Waals surface area contributed by atoms with Gasteiger partial charge in [0.25, 0.3) is 0 Å². The highest BCUT2D eigenvalue weighted by Crippen LogP contribution is 2.39. The molecule has 1 rings (SSSR count). The maximum absolute atomic E-state index is 13.1. The summed E-state index contributed by atoms with van der Waals surface area (Å²) in [5.41, 5.74) is 1.21. The van der Waals surface area contributed by atoms with E-state index in [2.05, 4.69) is 25.5 Å². The molecule has 172 valence electrons. The van der Waals surface area contributed by atoms with Gasteiger partial charge in [-0.15, -0.1) is 4.72 Å². The number of rotatable bonds is 8. The number of halogens is 1. The zero-order chi connectivity index (χ0) is 23.5. The van der Waals surface area contributed by atoms with Gasteiger partial charge in [-0.1, -0.05) is 58.4 Å². The Hall–Kier alpha value is -0.750. The third-order valence-electron chi connectivity index (χ3n) is 5.40. The summed E-state index contributed by atoms with van der Waals surface area (Å²) in [6.07, 6.45) is 1.90. The van der Waals surface area contributed by atoms with Crippen LogP contribution in [0.2, 0.25) is 5.02 Å². The smallest absolute Gasteiger partial charge is 0.311 e. The summed E-state index contributed by atoms with van der Waals surface area (Å²) in [4.78, 5) is 12.8. The first-order valence-electron chi connectivity index (χ1n) is 10.6. The summed E-state index contributed by atoms with van der Waals surface area (Å²) in [5.74, 6) is -0.907. The molecule has 0 aromatic heterocycles. The van der Waals surface area contributed by atoms with Crippen LogP contribution in [0, 0.1) is 17.3 Å². The van der Waals surface area contributed by atoms with E-state index in [9.17, 15) is 9.35 Å². The lowest BCUT2D eigenvalue weighted by atomic mass is 9.74. The highest BCUT2D eigenvalue weighted by Gasteiger charge is 2.48. The topological polar surface area (TPSA) is 61.4 Å². The third kappa shape index (κ3) is 7.15. The Bertz CT molecular complexity index is 724. The summed E-state index contributed by atoms with van der Waals surface area (Å²) in [6, 6.07) is 5.93. The summed E-state index contributed by atoms with van der Waals surface area (Å²) in [5, 5.41) is 0.665. The van der Waals surface area contributed by atoms with E-state index in [0.717, 1.165) is 24.0 Å². The molecular formula is C24H40ClNO3S. The number of hydrogen-bond acceptors (Lipinski definition) is 4. The van der Waals surface area contributed by atoms with Gasteiger partial charge < -0.3 is 9.29 Å². The number of ether oxygens (including phenoxy) is 1. The van der Waals surface area contributed by atoms with Crippen molar-refractivity contribution >= 4 is 28.9 Å². The molecule has 3 atom stereocenters. The van der Waals surface area contributed by atoms with E-state index >= 15 is 0 Å². The molecule has 0 aliphatic carbocycles. The maximum atomic E-state index is 13.1. The minimum absolute atomic E-state index is 0.0359. The van der Waals surface area contributed by atoms with Crippen molar-refractivity contribution in [2.24, 2.45) is 17.3 Å². The Balaban J connectivity index is 3.47. The third-order valence-corrected chi connectivity index (χ3v) is 7.48. The van der Waals surface area contributed by atoms with Gasteiger partial charge in [0.1, 0.15) is 4.75 Å². The molecule has 0 heterocycles. The molecule has 0 radical (unpaired) electrons. The number of methoxy groups -OCH3 is 1. The molecule has 30 heavy (non-hydrogen) atoms. The number of carbonyl (C=O) groups excluding carboxylic acids is 1. The Kier molecular flexibility index (Phi) is 9.32. The Morgan fingerprint density at radius 1 is 1.17 bits per heavy atom. The largest absolute Gasteiger partial charge is 0.598 e. The first kappa shape index (κ1) is 27.3. The Labute approximate surface area is 191 Å². The fraction of sp³-hybridized carbons (Fsp3) is 0.708. The zero-order valence-electron chi connectivity index (χ0n) is 20.3. The SMILES string of the molecule is COC(=O)C(C(C)C)[C@@](C)(N[S@@+]([O-])C(C)(C)C)c1ccc(CCC(C)(C)C)c(Cl)c1. The first-order valence-corrected chi connectivity index (χ1v) is 12.1. The Morgan fingerprint density at radius 2 is 1.73 bits per heavy atom. The lowest BCUT2D eigenvalue weighted by Crippen LogP contribution is -2.56. The van der Waals surface area contributed by atoms with Crippen LogP contribution in [0.1, 0.15) is 79.9 Å². The minimum atomic E-state index is -1.39. The van der Waals surface area contributed by atoms with Crippen LogP contribution in [0.25, 0.3) is 0 Å². The molecule has 0 bridgehead atoms. The lowest BCUT2D eigenvalue weighted by Gasteiger charge is -2.41. The summed E-state index contributed by atoms with van der Waals surface area (Å²) < 4.78 is 21.0. The number of hydrogen-bond donors (Lipinski definition) is 1. The molecule has 0 saturated heterocycles. The van der Waals surface area contributed by atoms with E-state index < -0.39 is 27.6 Å². The van der Waals surface area contributed by atoms with Gasteiger partial charge >= 0.3 is 5.97 Å². The molecule has 0 fully saturated rings. The zero-order valence-corrected chi connectivity index (χ0v) is 21.9. The average Bonchev–Trinajstić information content (AvgIpc) is 2.58. The van der Waals surface area contributed by atoms with Gasteiger partial charge in [-0.25, -0.2) is 0 Å². The average molecular weight is 458 g/mol. The van der Waals surface area contributed by atoms with Crippen LogP contribution in [0.3, 0.4) is 0 Å². The monoisotopic (exact) mass is 457 g/mol. The van der Waals surface area contributed by atoms with Crippen LogP contribution in [0.4, 0.5) is 0 Å². The molecule has 0 amide bonds. The fourth-order valence-corrected chi connectivity index (χ4v) is 4.74. The van der Waals surface area contributed by atoms with E-state index in [-0.39, 0.29) is 17.3 Å². The van der Waals surface area contributed by atoms with E-state index in [1.54, 1.807) is 0 Å². The second-order valence-corrected chi connectivity index (χ2v) is 13.2. The van der Waals surface area contributed by atoms with Crippen LogP contribution in [-0.2, 0) is 32.9 Å². The predicted molar refractivity (Wildman–Crippen MR) is 128 cm³/mol.